The molecule has 0 bridgehead atoms. The lowest BCUT2D eigenvalue weighted by Crippen LogP contribution is -2.28. The van der Waals surface area contributed by atoms with Gasteiger partial charge in [0.15, 0.2) is 0 Å². The summed E-state index contributed by atoms with van der Waals surface area (Å²) in [6, 6.07) is 16.7. The molecule has 0 spiro atoms. The van der Waals surface area contributed by atoms with Gasteiger partial charge in [0.05, 0.1) is 0 Å². The van der Waals surface area contributed by atoms with Crippen molar-refractivity contribution in [2.24, 2.45) is 0 Å². The highest BCUT2D eigenvalue weighted by atomic mass is 16.2. The number of rotatable bonds is 6. The summed E-state index contributed by atoms with van der Waals surface area (Å²) in [6.07, 6.45) is 2.45. The van der Waals surface area contributed by atoms with Crippen LogP contribution in [-0.2, 0) is 13.1 Å². The van der Waals surface area contributed by atoms with Crippen molar-refractivity contribution >= 4 is 5.91 Å². The van der Waals surface area contributed by atoms with E-state index in [4.69, 9.17) is 0 Å². The molecule has 1 aliphatic heterocycles. The second-order valence-corrected chi connectivity index (χ2v) is 7.88. The van der Waals surface area contributed by atoms with Gasteiger partial charge in [-0.3, -0.25) is 4.79 Å². The summed E-state index contributed by atoms with van der Waals surface area (Å²) < 4.78 is 0. The number of amides is 1. The molecule has 0 radical (unpaired) electrons. The van der Waals surface area contributed by atoms with Crippen LogP contribution in [0.3, 0.4) is 0 Å². The number of hydrogen-bond donors (Lipinski definition) is 1. The van der Waals surface area contributed by atoms with Crippen LogP contribution in [0, 0.1) is 0 Å². The third-order valence-corrected chi connectivity index (χ3v) is 5.21. The SMILES string of the molecule is CN(C)Cc1ccc(CN(C)C(=O)c2ccc([C@@H]3CCCNC3)cc2)cc1. The number of hydrogen-bond acceptors (Lipinski definition) is 3. The van der Waals surface area contributed by atoms with Gasteiger partial charge in [0, 0.05) is 32.2 Å². The standard InChI is InChI=1S/C23H31N3O/c1-25(2)16-18-6-8-19(9-7-18)17-26(3)23(27)21-12-10-20(11-13-21)22-5-4-14-24-15-22/h6-13,22,24H,4-5,14-17H2,1-3H3/t22-/m1/s1. The minimum absolute atomic E-state index is 0.0701. The van der Waals surface area contributed by atoms with Crippen LogP contribution in [0.15, 0.2) is 48.5 Å². The van der Waals surface area contributed by atoms with E-state index in [-0.39, 0.29) is 5.91 Å². The Morgan fingerprint density at radius 1 is 0.963 bits per heavy atom. The molecule has 27 heavy (non-hydrogen) atoms. The Morgan fingerprint density at radius 2 is 1.59 bits per heavy atom. The summed E-state index contributed by atoms with van der Waals surface area (Å²) in [5, 5.41) is 3.45. The molecule has 1 aliphatic rings. The topological polar surface area (TPSA) is 35.6 Å². The Bertz CT molecular complexity index is 731. The first-order valence-electron chi connectivity index (χ1n) is 9.81. The minimum Gasteiger partial charge on any atom is -0.337 e. The van der Waals surface area contributed by atoms with Crippen LogP contribution >= 0.6 is 0 Å². The number of carbonyl (C=O) groups excluding carboxylic acids is 1. The molecule has 1 heterocycles. The van der Waals surface area contributed by atoms with Gasteiger partial charge in [-0.2, -0.15) is 0 Å². The van der Waals surface area contributed by atoms with Gasteiger partial charge in [0.25, 0.3) is 5.91 Å². The summed E-state index contributed by atoms with van der Waals surface area (Å²) >= 11 is 0. The van der Waals surface area contributed by atoms with Gasteiger partial charge in [-0.15, -0.1) is 0 Å². The van der Waals surface area contributed by atoms with E-state index in [1.54, 1.807) is 4.90 Å². The third kappa shape index (κ3) is 5.41. The second-order valence-electron chi connectivity index (χ2n) is 7.88. The summed E-state index contributed by atoms with van der Waals surface area (Å²) in [5.41, 5.74) is 4.52. The lowest BCUT2D eigenvalue weighted by molar-refractivity contribution is 0.0785. The second kappa shape index (κ2) is 9.16. The van der Waals surface area contributed by atoms with Crippen LogP contribution < -0.4 is 5.32 Å². The number of nitrogens with one attached hydrogen (secondary N) is 1. The Morgan fingerprint density at radius 3 is 2.15 bits per heavy atom. The van der Waals surface area contributed by atoms with E-state index in [0.29, 0.717) is 12.5 Å². The Kier molecular flexibility index (Phi) is 6.64. The van der Waals surface area contributed by atoms with Gasteiger partial charge in [0.1, 0.15) is 0 Å². The molecule has 0 aliphatic carbocycles. The van der Waals surface area contributed by atoms with Crippen LogP contribution in [0.4, 0.5) is 0 Å². The van der Waals surface area contributed by atoms with Gasteiger partial charge < -0.3 is 15.1 Å². The molecular weight excluding hydrogens is 334 g/mol. The largest absolute Gasteiger partial charge is 0.337 e. The molecule has 4 heteroatoms. The van der Waals surface area contributed by atoms with E-state index in [0.717, 1.165) is 30.8 Å². The van der Waals surface area contributed by atoms with Crippen molar-refractivity contribution in [2.45, 2.75) is 31.8 Å². The average molecular weight is 366 g/mol. The van der Waals surface area contributed by atoms with Crippen molar-refractivity contribution in [1.29, 1.82) is 0 Å². The van der Waals surface area contributed by atoms with E-state index >= 15 is 0 Å². The fourth-order valence-corrected chi connectivity index (χ4v) is 3.72. The normalized spacial score (nSPS) is 17.1. The maximum absolute atomic E-state index is 12.8. The van der Waals surface area contributed by atoms with E-state index in [1.165, 1.54) is 24.0 Å². The van der Waals surface area contributed by atoms with Crippen LogP contribution in [0.25, 0.3) is 0 Å². The Balaban J connectivity index is 1.59. The van der Waals surface area contributed by atoms with Crippen molar-refractivity contribution in [3.8, 4) is 0 Å². The van der Waals surface area contributed by atoms with Crippen molar-refractivity contribution in [1.82, 2.24) is 15.1 Å². The summed E-state index contributed by atoms with van der Waals surface area (Å²) in [7, 11) is 6.00. The zero-order valence-electron chi connectivity index (χ0n) is 16.7. The predicted molar refractivity (Wildman–Crippen MR) is 111 cm³/mol. The minimum atomic E-state index is 0.0701. The molecule has 0 saturated carbocycles. The van der Waals surface area contributed by atoms with E-state index in [1.807, 2.05) is 19.2 Å². The Hall–Kier alpha value is -2.17. The average Bonchev–Trinajstić information content (AvgIpc) is 2.69. The summed E-state index contributed by atoms with van der Waals surface area (Å²) in [4.78, 5) is 16.7. The molecule has 2 aromatic carbocycles. The van der Waals surface area contributed by atoms with Gasteiger partial charge in [-0.05, 0) is 68.2 Å². The molecule has 0 aromatic heterocycles. The lowest BCUT2D eigenvalue weighted by atomic mass is 9.91. The molecule has 1 N–H and O–H groups in total. The maximum Gasteiger partial charge on any atom is 0.253 e. The van der Waals surface area contributed by atoms with Crippen molar-refractivity contribution < 1.29 is 4.79 Å². The lowest BCUT2D eigenvalue weighted by Gasteiger charge is -2.23. The molecule has 144 valence electrons. The van der Waals surface area contributed by atoms with Crippen molar-refractivity contribution in [3.63, 3.8) is 0 Å². The first-order valence-corrected chi connectivity index (χ1v) is 9.81. The highest BCUT2D eigenvalue weighted by molar-refractivity contribution is 5.94. The molecule has 2 aromatic rings. The molecule has 4 nitrogen and oxygen atoms in total. The maximum atomic E-state index is 12.8. The number of piperidine rings is 1. The summed E-state index contributed by atoms with van der Waals surface area (Å²) in [5.74, 6) is 0.641. The molecule has 1 amide bonds. The van der Waals surface area contributed by atoms with E-state index < -0.39 is 0 Å². The molecule has 1 atom stereocenters. The Labute approximate surface area is 163 Å². The fourth-order valence-electron chi connectivity index (χ4n) is 3.72. The number of carbonyl (C=O) groups is 1. The van der Waals surface area contributed by atoms with Gasteiger partial charge in [-0.1, -0.05) is 36.4 Å². The van der Waals surface area contributed by atoms with Gasteiger partial charge in [-0.25, -0.2) is 0 Å². The van der Waals surface area contributed by atoms with Crippen LogP contribution in [-0.4, -0.2) is 49.9 Å². The molecule has 0 unspecified atom stereocenters. The van der Waals surface area contributed by atoms with Crippen LogP contribution in [0.2, 0.25) is 0 Å². The zero-order valence-corrected chi connectivity index (χ0v) is 16.7. The van der Waals surface area contributed by atoms with E-state index in [2.05, 4.69) is 60.7 Å². The zero-order chi connectivity index (χ0) is 19.2. The highest BCUT2D eigenvalue weighted by Gasteiger charge is 2.17. The summed E-state index contributed by atoms with van der Waals surface area (Å²) in [6.45, 7) is 3.71. The van der Waals surface area contributed by atoms with Gasteiger partial charge in [0.2, 0.25) is 0 Å². The third-order valence-electron chi connectivity index (χ3n) is 5.21. The highest BCUT2D eigenvalue weighted by Crippen LogP contribution is 2.23. The smallest absolute Gasteiger partial charge is 0.253 e. The molecular formula is C23H31N3O. The van der Waals surface area contributed by atoms with Gasteiger partial charge >= 0.3 is 0 Å². The first-order chi connectivity index (χ1) is 13.0. The van der Waals surface area contributed by atoms with Crippen molar-refractivity contribution in [2.75, 3.05) is 34.2 Å². The van der Waals surface area contributed by atoms with E-state index in [9.17, 15) is 4.79 Å². The predicted octanol–water partition coefficient (Wildman–Crippen LogP) is 3.49. The number of nitrogens with zero attached hydrogens (tertiary/aromatic N) is 2. The molecule has 3 rings (SSSR count). The van der Waals surface area contributed by atoms with Crippen LogP contribution in [0.5, 0.6) is 0 Å². The fraction of sp³-hybridized carbons (Fsp3) is 0.435. The number of benzene rings is 2. The molecule has 1 fully saturated rings. The first kappa shape index (κ1) is 19.6. The molecule has 1 saturated heterocycles. The quantitative estimate of drug-likeness (QED) is 0.851. The van der Waals surface area contributed by atoms with Crippen LogP contribution in [0.1, 0.15) is 45.8 Å². The van der Waals surface area contributed by atoms with Crippen molar-refractivity contribution in [3.05, 3.63) is 70.8 Å². The monoisotopic (exact) mass is 365 g/mol.